The van der Waals surface area contributed by atoms with E-state index in [2.05, 4.69) is 19.9 Å². The van der Waals surface area contributed by atoms with Crippen molar-refractivity contribution < 1.29 is 9.53 Å². The van der Waals surface area contributed by atoms with Crippen molar-refractivity contribution >= 4 is 38.0 Å². The normalized spacial score (nSPS) is 11.1. The van der Waals surface area contributed by atoms with E-state index in [1.54, 1.807) is 11.3 Å². The van der Waals surface area contributed by atoms with Crippen molar-refractivity contribution in [2.75, 3.05) is 0 Å². The zero-order valence-electron chi connectivity index (χ0n) is 14.1. The van der Waals surface area contributed by atoms with Gasteiger partial charge in [-0.05, 0) is 49.1 Å². The molecule has 4 heteroatoms. The number of benzene rings is 1. The summed E-state index contributed by atoms with van der Waals surface area (Å²) < 4.78 is 7.88. The molecule has 2 heterocycles. The van der Waals surface area contributed by atoms with E-state index < -0.39 is 0 Å². The maximum absolute atomic E-state index is 12.3. The van der Waals surface area contributed by atoms with Gasteiger partial charge in [-0.3, -0.25) is 0 Å². The molecule has 24 heavy (non-hydrogen) atoms. The Kier molecular flexibility index (Phi) is 5.69. The van der Waals surface area contributed by atoms with Crippen LogP contribution in [0.15, 0.2) is 36.4 Å². The average Bonchev–Trinajstić information content (AvgIpc) is 3.13. The minimum absolute atomic E-state index is 0.262. The van der Waals surface area contributed by atoms with Crippen LogP contribution in [0.25, 0.3) is 9.40 Å². The number of unbranched alkanes of at least 4 members (excludes halogenated alkanes) is 1. The Labute approximate surface area is 151 Å². The summed E-state index contributed by atoms with van der Waals surface area (Å²) in [6.07, 6.45) is 5.70. The summed E-state index contributed by atoms with van der Waals surface area (Å²) in [7, 11) is 0. The van der Waals surface area contributed by atoms with Crippen LogP contribution in [-0.2, 0) is 12.8 Å². The highest BCUT2D eigenvalue weighted by molar-refractivity contribution is 7.28. The van der Waals surface area contributed by atoms with Crippen molar-refractivity contribution in [2.45, 2.75) is 46.0 Å². The van der Waals surface area contributed by atoms with E-state index in [4.69, 9.17) is 4.74 Å². The summed E-state index contributed by atoms with van der Waals surface area (Å²) in [4.78, 5) is 14.4. The lowest BCUT2D eigenvalue weighted by Gasteiger charge is -2.04. The molecule has 0 unspecified atom stereocenters. The van der Waals surface area contributed by atoms with E-state index in [0.29, 0.717) is 10.6 Å². The van der Waals surface area contributed by atoms with E-state index in [-0.39, 0.29) is 5.97 Å². The third-order valence-corrected chi connectivity index (χ3v) is 6.24. The van der Waals surface area contributed by atoms with Crippen molar-refractivity contribution in [3.8, 4) is 5.75 Å². The Morgan fingerprint density at radius 3 is 2.38 bits per heavy atom. The number of esters is 1. The van der Waals surface area contributed by atoms with Crippen LogP contribution in [0, 0.1) is 0 Å². The lowest BCUT2D eigenvalue weighted by Crippen LogP contribution is -2.06. The summed E-state index contributed by atoms with van der Waals surface area (Å²) in [6, 6.07) is 12.0. The SMILES string of the molecule is CCCCc1ccc(OC(=O)c2cc3sc(CCC)cc3s2)cc1. The van der Waals surface area contributed by atoms with Crippen LogP contribution < -0.4 is 4.74 Å². The van der Waals surface area contributed by atoms with Gasteiger partial charge in [-0.2, -0.15) is 0 Å². The molecule has 3 aromatic rings. The summed E-state index contributed by atoms with van der Waals surface area (Å²) in [5.74, 6) is 0.352. The van der Waals surface area contributed by atoms with Gasteiger partial charge in [0.15, 0.2) is 0 Å². The first-order chi connectivity index (χ1) is 11.7. The van der Waals surface area contributed by atoms with E-state index in [1.807, 2.05) is 30.3 Å². The van der Waals surface area contributed by atoms with E-state index in [1.165, 1.54) is 44.0 Å². The fraction of sp³-hybridized carbons (Fsp3) is 0.350. The summed E-state index contributed by atoms with van der Waals surface area (Å²) in [5.41, 5.74) is 1.29. The van der Waals surface area contributed by atoms with Gasteiger partial charge in [0.2, 0.25) is 0 Å². The second-order valence-electron chi connectivity index (χ2n) is 5.94. The molecule has 126 valence electrons. The van der Waals surface area contributed by atoms with Gasteiger partial charge < -0.3 is 4.74 Å². The molecule has 0 N–H and O–H groups in total. The Hall–Kier alpha value is -1.65. The molecule has 2 aromatic heterocycles. The molecule has 0 radical (unpaired) electrons. The molecule has 1 aromatic carbocycles. The molecule has 0 aliphatic carbocycles. The predicted molar refractivity (Wildman–Crippen MR) is 104 cm³/mol. The summed E-state index contributed by atoms with van der Waals surface area (Å²) >= 11 is 3.30. The van der Waals surface area contributed by atoms with Crippen LogP contribution in [0.3, 0.4) is 0 Å². The van der Waals surface area contributed by atoms with Gasteiger partial charge in [-0.1, -0.05) is 38.8 Å². The number of ether oxygens (including phenoxy) is 1. The third-order valence-electron chi connectivity index (χ3n) is 3.91. The highest BCUT2D eigenvalue weighted by Gasteiger charge is 2.14. The number of thiophene rings is 2. The molecule has 2 nitrogen and oxygen atoms in total. The van der Waals surface area contributed by atoms with E-state index >= 15 is 0 Å². The molecule has 0 fully saturated rings. The Bertz CT molecular complexity index is 780. The first-order valence-electron chi connectivity index (χ1n) is 8.53. The Balaban J connectivity index is 1.66. The monoisotopic (exact) mass is 358 g/mol. The molecule has 0 aliphatic rings. The molecule has 0 bridgehead atoms. The van der Waals surface area contributed by atoms with Gasteiger partial charge in [-0.15, -0.1) is 22.7 Å². The van der Waals surface area contributed by atoms with Crippen molar-refractivity contribution in [1.29, 1.82) is 0 Å². The second-order valence-corrected chi connectivity index (χ2v) is 8.19. The fourth-order valence-corrected chi connectivity index (χ4v) is 5.02. The van der Waals surface area contributed by atoms with Gasteiger partial charge in [0, 0.05) is 14.3 Å². The first-order valence-corrected chi connectivity index (χ1v) is 10.2. The maximum Gasteiger partial charge on any atom is 0.353 e. The fourth-order valence-electron chi connectivity index (χ4n) is 2.62. The first kappa shape index (κ1) is 17.2. The predicted octanol–water partition coefficient (Wildman–Crippen LogP) is 6.48. The molecule has 0 spiro atoms. The van der Waals surface area contributed by atoms with Gasteiger partial charge in [0.25, 0.3) is 0 Å². The molecule has 0 atom stereocenters. The van der Waals surface area contributed by atoms with Crippen molar-refractivity contribution in [3.05, 3.63) is 51.7 Å². The Morgan fingerprint density at radius 2 is 1.71 bits per heavy atom. The van der Waals surface area contributed by atoms with Crippen LogP contribution in [0.2, 0.25) is 0 Å². The number of carbonyl (C=O) groups is 1. The second kappa shape index (κ2) is 7.95. The lowest BCUT2D eigenvalue weighted by atomic mass is 10.1. The number of rotatable bonds is 7. The van der Waals surface area contributed by atoms with Crippen LogP contribution in [0.4, 0.5) is 0 Å². The van der Waals surface area contributed by atoms with E-state index in [0.717, 1.165) is 19.3 Å². The Morgan fingerprint density at radius 1 is 0.958 bits per heavy atom. The topological polar surface area (TPSA) is 26.3 Å². The largest absolute Gasteiger partial charge is 0.422 e. The number of fused-ring (bicyclic) bond motifs is 1. The number of hydrogen-bond acceptors (Lipinski definition) is 4. The summed E-state index contributed by atoms with van der Waals surface area (Å²) in [6.45, 7) is 4.37. The lowest BCUT2D eigenvalue weighted by molar-refractivity contribution is 0.0740. The zero-order valence-corrected chi connectivity index (χ0v) is 15.8. The third kappa shape index (κ3) is 4.05. The highest BCUT2D eigenvalue weighted by atomic mass is 32.1. The van der Waals surface area contributed by atoms with E-state index in [9.17, 15) is 4.79 Å². The minimum Gasteiger partial charge on any atom is -0.422 e. The summed E-state index contributed by atoms with van der Waals surface area (Å²) in [5, 5.41) is 0. The molecule has 0 saturated heterocycles. The number of hydrogen-bond donors (Lipinski definition) is 0. The van der Waals surface area contributed by atoms with Crippen molar-refractivity contribution in [2.24, 2.45) is 0 Å². The molecule has 0 saturated carbocycles. The van der Waals surface area contributed by atoms with Gasteiger partial charge in [-0.25, -0.2) is 4.79 Å². The smallest absolute Gasteiger partial charge is 0.353 e. The van der Waals surface area contributed by atoms with Crippen LogP contribution in [0.5, 0.6) is 5.75 Å². The van der Waals surface area contributed by atoms with Gasteiger partial charge >= 0.3 is 5.97 Å². The molecule has 0 aliphatic heterocycles. The van der Waals surface area contributed by atoms with Crippen LogP contribution >= 0.6 is 22.7 Å². The van der Waals surface area contributed by atoms with Crippen molar-refractivity contribution in [3.63, 3.8) is 0 Å². The van der Waals surface area contributed by atoms with Crippen LogP contribution in [-0.4, -0.2) is 5.97 Å². The van der Waals surface area contributed by atoms with Gasteiger partial charge in [0.1, 0.15) is 10.6 Å². The zero-order chi connectivity index (χ0) is 16.9. The van der Waals surface area contributed by atoms with Crippen LogP contribution in [0.1, 0.15) is 53.2 Å². The number of aryl methyl sites for hydroxylation is 2. The van der Waals surface area contributed by atoms with Crippen molar-refractivity contribution in [1.82, 2.24) is 0 Å². The minimum atomic E-state index is -0.262. The van der Waals surface area contributed by atoms with Gasteiger partial charge in [0.05, 0.1) is 0 Å². The standard InChI is InChI=1S/C20H22O2S2/c1-3-5-7-14-8-10-15(11-9-14)22-20(21)19-13-18-17(24-19)12-16(23-18)6-4-2/h8-13H,3-7H2,1-2H3. The molecular formula is C20H22O2S2. The molecule has 3 rings (SSSR count). The average molecular weight is 359 g/mol. The number of carbonyl (C=O) groups excluding carboxylic acids is 1. The highest BCUT2D eigenvalue weighted by Crippen LogP contribution is 2.34. The molecular weight excluding hydrogens is 336 g/mol. The maximum atomic E-state index is 12.3. The quantitative estimate of drug-likeness (QED) is 0.357. The molecule has 0 amide bonds.